The third-order valence-electron chi connectivity index (χ3n) is 3.13. The molecule has 0 aliphatic rings. The Morgan fingerprint density at radius 2 is 1.54 bits per heavy atom. The highest BCUT2D eigenvalue weighted by Crippen LogP contribution is 2.11. The van der Waals surface area contributed by atoms with Crippen LogP contribution in [0.5, 0.6) is 0 Å². The quantitative estimate of drug-likeness (QED) is 0.744. The van der Waals surface area contributed by atoms with E-state index in [-0.39, 0.29) is 5.91 Å². The van der Waals surface area contributed by atoms with Gasteiger partial charge in [0, 0.05) is 28.3 Å². The molecule has 7 heteroatoms. The van der Waals surface area contributed by atoms with Crippen molar-refractivity contribution >= 4 is 35.0 Å². The van der Waals surface area contributed by atoms with E-state index in [0.29, 0.717) is 28.3 Å². The maximum absolute atomic E-state index is 12.0. The van der Waals surface area contributed by atoms with Gasteiger partial charge in [0.25, 0.3) is 11.8 Å². The van der Waals surface area contributed by atoms with Gasteiger partial charge in [-0.15, -0.1) is 0 Å². The second kappa shape index (κ2) is 8.12. The van der Waals surface area contributed by atoms with Gasteiger partial charge in [-0.25, -0.2) is 0 Å². The van der Waals surface area contributed by atoms with Crippen molar-refractivity contribution in [2.45, 2.75) is 13.3 Å². The highest BCUT2D eigenvalue weighted by atomic mass is 35.5. The van der Waals surface area contributed by atoms with Crippen LogP contribution in [0.2, 0.25) is 5.02 Å². The molecule has 2 aromatic rings. The predicted octanol–water partition coefficient (Wildman–Crippen LogP) is 2.76. The normalized spacial score (nSPS) is 9.92. The number of amides is 3. The number of carbonyl (C=O) groups excluding carboxylic acids is 3. The first-order chi connectivity index (χ1) is 11.5. The minimum atomic E-state index is -0.474. The lowest BCUT2D eigenvalue weighted by Crippen LogP contribution is -2.41. The van der Waals surface area contributed by atoms with E-state index in [9.17, 15) is 14.4 Å². The van der Waals surface area contributed by atoms with E-state index in [1.54, 1.807) is 49.4 Å². The van der Waals surface area contributed by atoms with E-state index < -0.39 is 11.8 Å². The molecule has 3 N–H and O–H groups in total. The summed E-state index contributed by atoms with van der Waals surface area (Å²) in [7, 11) is 0. The molecule has 0 fully saturated rings. The lowest BCUT2D eigenvalue weighted by atomic mass is 10.2. The maximum atomic E-state index is 12.0. The molecule has 0 aliphatic heterocycles. The summed E-state index contributed by atoms with van der Waals surface area (Å²) < 4.78 is 0. The van der Waals surface area contributed by atoms with Crippen molar-refractivity contribution in [1.29, 1.82) is 0 Å². The fourth-order valence-electron chi connectivity index (χ4n) is 1.84. The predicted molar refractivity (Wildman–Crippen MR) is 91.7 cm³/mol. The molecular formula is C17H16ClN3O3. The Balaban J connectivity index is 1.92. The maximum Gasteiger partial charge on any atom is 0.269 e. The first-order valence-corrected chi connectivity index (χ1v) is 7.63. The number of halogens is 1. The van der Waals surface area contributed by atoms with Crippen LogP contribution in [0, 0.1) is 0 Å². The van der Waals surface area contributed by atoms with E-state index in [0.717, 1.165) is 0 Å². The Morgan fingerprint density at radius 1 is 0.917 bits per heavy atom. The van der Waals surface area contributed by atoms with Crippen molar-refractivity contribution in [3.8, 4) is 0 Å². The minimum Gasteiger partial charge on any atom is -0.326 e. The molecule has 0 unspecified atom stereocenters. The van der Waals surface area contributed by atoms with Gasteiger partial charge in [0.05, 0.1) is 0 Å². The van der Waals surface area contributed by atoms with E-state index in [2.05, 4.69) is 16.2 Å². The van der Waals surface area contributed by atoms with E-state index in [4.69, 9.17) is 11.6 Å². The van der Waals surface area contributed by atoms with Crippen molar-refractivity contribution in [2.24, 2.45) is 0 Å². The van der Waals surface area contributed by atoms with Crippen LogP contribution in [-0.4, -0.2) is 17.7 Å². The summed E-state index contributed by atoms with van der Waals surface area (Å²) in [5.41, 5.74) is 5.91. The average Bonchev–Trinajstić information content (AvgIpc) is 2.59. The Hall–Kier alpha value is -2.86. The van der Waals surface area contributed by atoms with Crippen molar-refractivity contribution in [1.82, 2.24) is 10.9 Å². The van der Waals surface area contributed by atoms with Crippen molar-refractivity contribution in [3.05, 3.63) is 64.7 Å². The lowest BCUT2D eigenvalue weighted by Gasteiger charge is -2.08. The van der Waals surface area contributed by atoms with Crippen LogP contribution in [0.3, 0.4) is 0 Å². The molecule has 2 rings (SSSR count). The largest absolute Gasteiger partial charge is 0.326 e. The second-order valence-corrected chi connectivity index (χ2v) is 5.33. The third-order valence-corrected chi connectivity index (χ3v) is 3.36. The molecule has 2 aromatic carbocycles. The first-order valence-electron chi connectivity index (χ1n) is 7.25. The number of rotatable bonds is 4. The van der Waals surface area contributed by atoms with Crippen LogP contribution in [-0.2, 0) is 4.79 Å². The molecule has 0 aromatic heterocycles. The van der Waals surface area contributed by atoms with Crippen LogP contribution in [0.25, 0.3) is 0 Å². The number of hydrazine groups is 1. The molecule has 124 valence electrons. The van der Waals surface area contributed by atoms with Crippen LogP contribution in [0.1, 0.15) is 34.1 Å². The Morgan fingerprint density at radius 3 is 2.12 bits per heavy atom. The molecule has 24 heavy (non-hydrogen) atoms. The number of benzene rings is 2. The number of hydrogen-bond donors (Lipinski definition) is 3. The fourth-order valence-corrected chi connectivity index (χ4v) is 2.03. The lowest BCUT2D eigenvalue weighted by molar-refractivity contribution is -0.115. The van der Waals surface area contributed by atoms with Gasteiger partial charge in [0.1, 0.15) is 0 Å². The summed E-state index contributed by atoms with van der Waals surface area (Å²) in [5, 5.41) is 3.11. The van der Waals surface area contributed by atoms with Crippen molar-refractivity contribution in [3.63, 3.8) is 0 Å². The Labute approximate surface area is 144 Å². The molecule has 0 saturated heterocycles. The van der Waals surface area contributed by atoms with E-state index in [1.165, 1.54) is 6.07 Å². The summed E-state index contributed by atoms with van der Waals surface area (Å²) in [6, 6.07) is 12.7. The topological polar surface area (TPSA) is 87.3 Å². The number of carbonyl (C=O) groups is 3. The Kier molecular flexibility index (Phi) is 5.92. The van der Waals surface area contributed by atoms with Gasteiger partial charge in [0.15, 0.2) is 0 Å². The molecule has 0 bridgehead atoms. The van der Waals surface area contributed by atoms with Gasteiger partial charge >= 0.3 is 0 Å². The summed E-state index contributed by atoms with van der Waals surface area (Å²) in [4.78, 5) is 35.2. The van der Waals surface area contributed by atoms with Gasteiger partial charge < -0.3 is 5.32 Å². The molecule has 0 radical (unpaired) electrons. The van der Waals surface area contributed by atoms with Gasteiger partial charge in [-0.3, -0.25) is 25.2 Å². The summed E-state index contributed by atoms with van der Waals surface area (Å²) in [6.45, 7) is 1.75. The fraction of sp³-hybridized carbons (Fsp3) is 0.118. The molecule has 0 spiro atoms. The van der Waals surface area contributed by atoms with Crippen LogP contribution in [0.15, 0.2) is 48.5 Å². The number of anilines is 1. The zero-order chi connectivity index (χ0) is 17.5. The molecule has 0 aliphatic carbocycles. The number of hydrogen-bond acceptors (Lipinski definition) is 3. The third kappa shape index (κ3) is 4.82. The van der Waals surface area contributed by atoms with Crippen molar-refractivity contribution < 1.29 is 14.4 Å². The van der Waals surface area contributed by atoms with Gasteiger partial charge in [-0.05, 0) is 42.5 Å². The summed E-state index contributed by atoms with van der Waals surface area (Å²) in [6.07, 6.45) is 0.373. The molecule has 0 heterocycles. The highest BCUT2D eigenvalue weighted by Gasteiger charge is 2.09. The zero-order valence-electron chi connectivity index (χ0n) is 12.9. The highest BCUT2D eigenvalue weighted by molar-refractivity contribution is 6.30. The van der Waals surface area contributed by atoms with E-state index >= 15 is 0 Å². The van der Waals surface area contributed by atoms with Gasteiger partial charge in [-0.2, -0.15) is 0 Å². The molecule has 3 amide bonds. The molecular weight excluding hydrogens is 330 g/mol. The molecule has 0 atom stereocenters. The molecule has 6 nitrogen and oxygen atoms in total. The van der Waals surface area contributed by atoms with Crippen LogP contribution in [0.4, 0.5) is 5.69 Å². The summed E-state index contributed by atoms with van der Waals surface area (Å²) in [5.74, 6) is -1.06. The monoisotopic (exact) mass is 345 g/mol. The van der Waals surface area contributed by atoms with E-state index in [1.807, 2.05) is 0 Å². The molecule has 0 saturated carbocycles. The Bertz CT molecular complexity index is 760. The van der Waals surface area contributed by atoms with Gasteiger partial charge in [0.2, 0.25) is 5.91 Å². The van der Waals surface area contributed by atoms with Crippen molar-refractivity contribution in [2.75, 3.05) is 5.32 Å². The summed E-state index contributed by atoms with van der Waals surface area (Å²) >= 11 is 5.81. The minimum absolute atomic E-state index is 0.110. The standard InChI is InChI=1S/C17H16ClN3O3/c1-2-15(22)19-14-8-6-11(7-9-14)16(23)20-21-17(24)12-4-3-5-13(18)10-12/h3-10H,2H2,1H3,(H,19,22)(H,20,23)(H,21,24). The number of nitrogens with one attached hydrogen (secondary N) is 3. The van der Waals surface area contributed by atoms with Crippen LogP contribution >= 0.6 is 11.6 Å². The average molecular weight is 346 g/mol. The van der Waals surface area contributed by atoms with Crippen LogP contribution < -0.4 is 16.2 Å². The first kappa shape index (κ1) is 17.5. The smallest absolute Gasteiger partial charge is 0.269 e. The second-order valence-electron chi connectivity index (χ2n) is 4.90. The SMILES string of the molecule is CCC(=O)Nc1ccc(C(=O)NNC(=O)c2cccc(Cl)c2)cc1. The zero-order valence-corrected chi connectivity index (χ0v) is 13.7. The van der Waals surface area contributed by atoms with Gasteiger partial charge in [-0.1, -0.05) is 24.6 Å².